The topological polar surface area (TPSA) is 92.5 Å². The third-order valence-corrected chi connectivity index (χ3v) is 5.13. The van der Waals surface area contributed by atoms with Crippen molar-refractivity contribution in [1.29, 1.82) is 0 Å². The number of rotatable bonds is 6. The zero-order valence-corrected chi connectivity index (χ0v) is 15.5. The number of halogens is 2. The van der Waals surface area contributed by atoms with Crippen molar-refractivity contribution in [3.63, 3.8) is 0 Å². The van der Waals surface area contributed by atoms with Crippen molar-refractivity contribution in [2.75, 3.05) is 13.1 Å². The molecule has 1 aromatic carbocycles. The van der Waals surface area contributed by atoms with Gasteiger partial charge in [0.25, 0.3) is 5.91 Å². The van der Waals surface area contributed by atoms with E-state index in [1.807, 2.05) is 13.8 Å². The van der Waals surface area contributed by atoms with Crippen LogP contribution in [0.5, 0.6) is 0 Å². The van der Waals surface area contributed by atoms with E-state index >= 15 is 0 Å². The van der Waals surface area contributed by atoms with Crippen LogP contribution in [0.15, 0.2) is 18.2 Å². The van der Waals surface area contributed by atoms with Crippen LogP contribution < -0.4 is 11.1 Å². The lowest BCUT2D eigenvalue weighted by atomic mass is 9.93. The highest BCUT2D eigenvalue weighted by atomic mass is 19.1. The molecule has 2 atom stereocenters. The van der Waals surface area contributed by atoms with E-state index in [-0.39, 0.29) is 36.4 Å². The molecule has 2 unspecified atom stereocenters. The fourth-order valence-electron chi connectivity index (χ4n) is 3.18. The van der Waals surface area contributed by atoms with Crippen LogP contribution in [0.1, 0.15) is 43.5 Å². The molecule has 0 saturated carbocycles. The van der Waals surface area contributed by atoms with Crippen LogP contribution in [0.25, 0.3) is 0 Å². The van der Waals surface area contributed by atoms with Crippen molar-refractivity contribution in [3.05, 3.63) is 35.4 Å². The molecule has 0 radical (unpaired) electrons. The Morgan fingerprint density at radius 1 is 1.26 bits per heavy atom. The summed E-state index contributed by atoms with van der Waals surface area (Å²) in [7, 11) is 0. The maximum absolute atomic E-state index is 13.8. The highest BCUT2D eigenvalue weighted by molar-refractivity contribution is 5.94. The van der Waals surface area contributed by atoms with Crippen molar-refractivity contribution < 1.29 is 23.2 Å². The molecule has 0 aromatic heterocycles. The molecule has 1 saturated heterocycles. The molecule has 1 heterocycles. The Labute approximate surface area is 157 Å². The van der Waals surface area contributed by atoms with Crippen molar-refractivity contribution in [3.8, 4) is 0 Å². The minimum atomic E-state index is -0.905. The summed E-state index contributed by atoms with van der Waals surface area (Å²) in [4.78, 5) is 37.9. The number of benzene rings is 1. The second-order valence-corrected chi connectivity index (χ2v) is 6.96. The first-order chi connectivity index (χ1) is 12.7. The number of amides is 3. The van der Waals surface area contributed by atoms with Gasteiger partial charge in [-0.15, -0.1) is 0 Å². The second-order valence-electron chi connectivity index (χ2n) is 6.96. The van der Waals surface area contributed by atoms with E-state index in [4.69, 9.17) is 5.73 Å². The molecule has 27 heavy (non-hydrogen) atoms. The molecule has 0 spiro atoms. The van der Waals surface area contributed by atoms with Gasteiger partial charge in [-0.3, -0.25) is 14.4 Å². The van der Waals surface area contributed by atoms with Crippen LogP contribution >= 0.6 is 0 Å². The van der Waals surface area contributed by atoms with E-state index < -0.39 is 29.5 Å². The minimum Gasteiger partial charge on any atom is -0.368 e. The summed E-state index contributed by atoms with van der Waals surface area (Å²) in [5.74, 6) is -3.44. The zero-order chi connectivity index (χ0) is 20.1. The summed E-state index contributed by atoms with van der Waals surface area (Å²) < 4.78 is 26.8. The number of likely N-dealkylation sites (tertiary alicyclic amines) is 1. The molecule has 1 aromatic rings. The number of carbonyl (C=O) groups is 3. The second kappa shape index (κ2) is 8.92. The summed E-state index contributed by atoms with van der Waals surface area (Å²) in [6.45, 7) is 4.30. The Balaban J connectivity index is 1.95. The van der Waals surface area contributed by atoms with Gasteiger partial charge >= 0.3 is 0 Å². The number of piperidine rings is 1. The Bertz CT molecular complexity index is 718. The number of nitrogens with two attached hydrogens (primary N) is 1. The number of carbonyl (C=O) groups excluding carboxylic acids is 3. The molecule has 0 aliphatic carbocycles. The molecule has 2 rings (SSSR count). The molecule has 6 nitrogen and oxygen atoms in total. The van der Waals surface area contributed by atoms with Gasteiger partial charge in [-0.05, 0) is 30.9 Å². The van der Waals surface area contributed by atoms with Crippen molar-refractivity contribution >= 4 is 17.7 Å². The average Bonchev–Trinajstić information content (AvgIpc) is 2.64. The molecule has 1 aliphatic heterocycles. The Hall–Kier alpha value is -2.51. The molecule has 3 N–H and O–H groups in total. The minimum absolute atomic E-state index is 0.0745. The van der Waals surface area contributed by atoms with Gasteiger partial charge in [0.15, 0.2) is 0 Å². The van der Waals surface area contributed by atoms with Gasteiger partial charge in [0, 0.05) is 25.1 Å². The monoisotopic (exact) mass is 381 g/mol. The highest BCUT2D eigenvalue weighted by Gasteiger charge is 2.31. The third-order valence-electron chi connectivity index (χ3n) is 5.13. The van der Waals surface area contributed by atoms with Crippen LogP contribution in [0.4, 0.5) is 8.78 Å². The van der Waals surface area contributed by atoms with Crippen molar-refractivity contribution in [2.24, 2.45) is 17.6 Å². The highest BCUT2D eigenvalue weighted by Crippen LogP contribution is 2.21. The lowest BCUT2D eigenvalue weighted by Gasteiger charge is -2.32. The SMILES string of the molecule is CCC(C)C(NC(=O)C1CCN(C(=O)c2ccc(F)cc2F)CC1)C(N)=O. The van der Waals surface area contributed by atoms with Gasteiger partial charge in [-0.2, -0.15) is 0 Å². The van der Waals surface area contributed by atoms with Crippen LogP contribution in [-0.4, -0.2) is 41.8 Å². The van der Waals surface area contributed by atoms with E-state index in [2.05, 4.69) is 5.32 Å². The lowest BCUT2D eigenvalue weighted by Crippen LogP contribution is -2.51. The summed E-state index contributed by atoms with van der Waals surface area (Å²) in [6, 6.07) is 2.10. The number of hydrogen-bond donors (Lipinski definition) is 2. The fraction of sp³-hybridized carbons (Fsp3) is 0.526. The maximum Gasteiger partial charge on any atom is 0.256 e. The van der Waals surface area contributed by atoms with E-state index in [1.165, 1.54) is 4.90 Å². The lowest BCUT2D eigenvalue weighted by molar-refractivity contribution is -0.131. The molecule has 148 valence electrons. The smallest absolute Gasteiger partial charge is 0.256 e. The fourth-order valence-corrected chi connectivity index (χ4v) is 3.18. The largest absolute Gasteiger partial charge is 0.368 e. The summed E-state index contributed by atoms with van der Waals surface area (Å²) >= 11 is 0. The Kier molecular flexibility index (Phi) is 6.87. The van der Waals surface area contributed by atoms with Gasteiger partial charge in [0.05, 0.1) is 5.56 Å². The standard InChI is InChI=1S/C19H25F2N3O3/c1-3-11(2)16(17(22)25)23-18(26)12-6-8-24(9-7-12)19(27)14-5-4-13(20)10-15(14)21/h4-5,10-12,16H,3,6-9H2,1-2H3,(H2,22,25)(H,23,26). The molecular weight excluding hydrogens is 356 g/mol. The van der Waals surface area contributed by atoms with Gasteiger partial charge in [0.1, 0.15) is 17.7 Å². The molecule has 3 amide bonds. The van der Waals surface area contributed by atoms with E-state index in [0.29, 0.717) is 25.3 Å². The molecule has 0 bridgehead atoms. The van der Waals surface area contributed by atoms with Gasteiger partial charge in [0.2, 0.25) is 11.8 Å². The predicted molar refractivity (Wildman–Crippen MR) is 95.6 cm³/mol. The van der Waals surface area contributed by atoms with E-state index in [9.17, 15) is 23.2 Å². The predicted octanol–water partition coefficient (Wildman–Crippen LogP) is 1.83. The van der Waals surface area contributed by atoms with Gasteiger partial charge in [-0.1, -0.05) is 20.3 Å². The number of hydrogen-bond acceptors (Lipinski definition) is 3. The van der Waals surface area contributed by atoms with Gasteiger partial charge in [-0.25, -0.2) is 8.78 Å². The number of nitrogens with one attached hydrogen (secondary N) is 1. The van der Waals surface area contributed by atoms with Crippen molar-refractivity contribution in [2.45, 2.75) is 39.2 Å². The Morgan fingerprint density at radius 3 is 2.41 bits per heavy atom. The maximum atomic E-state index is 13.8. The number of nitrogens with zero attached hydrogens (tertiary/aromatic N) is 1. The third kappa shape index (κ3) is 5.02. The first kappa shape index (κ1) is 20.8. The first-order valence-electron chi connectivity index (χ1n) is 9.08. The molecule has 8 heteroatoms. The quantitative estimate of drug-likeness (QED) is 0.787. The van der Waals surface area contributed by atoms with Crippen LogP contribution in [0, 0.1) is 23.5 Å². The van der Waals surface area contributed by atoms with Crippen LogP contribution in [-0.2, 0) is 9.59 Å². The summed E-state index contributed by atoms with van der Waals surface area (Å²) in [5, 5.41) is 2.71. The average molecular weight is 381 g/mol. The Morgan fingerprint density at radius 2 is 1.89 bits per heavy atom. The van der Waals surface area contributed by atoms with Gasteiger partial charge < -0.3 is 16.0 Å². The summed E-state index contributed by atoms with van der Waals surface area (Å²) in [5.41, 5.74) is 5.18. The first-order valence-corrected chi connectivity index (χ1v) is 9.08. The summed E-state index contributed by atoms with van der Waals surface area (Å²) in [6.07, 6.45) is 1.49. The zero-order valence-electron chi connectivity index (χ0n) is 15.5. The normalized spacial score (nSPS) is 17.3. The molecular formula is C19H25F2N3O3. The van der Waals surface area contributed by atoms with Crippen molar-refractivity contribution in [1.82, 2.24) is 10.2 Å². The number of primary amides is 1. The van der Waals surface area contributed by atoms with Crippen LogP contribution in [0.2, 0.25) is 0 Å². The van der Waals surface area contributed by atoms with E-state index in [0.717, 1.165) is 12.1 Å². The molecule has 1 aliphatic rings. The van der Waals surface area contributed by atoms with Crippen LogP contribution in [0.3, 0.4) is 0 Å². The molecule has 1 fully saturated rings. The van der Waals surface area contributed by atoms with E-state index in [1.54, 1.807) is 0 Å².